The third-order valence-electron chi connectivity index (χ3n) is 3.49. The lowest BCUT2D eigenvalue weighted by Gasteiger charge is -2.30. The van der Waals surface area contributed by atoms with Crippen molar-refractivity contribution in [2.75, 3.05) is 13.2 Å². The fourth-order valence-electron chi connectivity index (χ4n) is 2.77. The van der Waals surface area contributed by atoms with Crippen molar-refractivity contribution in [2.45, 2.75) is 64.3 Å². The molecule has 0 saturated carbocycles. The zero-order valence-corrected chi connectivity index (χ0v) is 12.5. The molecular formula is C14H23NO5. The van der Waals surface area contributed by atoms with Crippen LogP contribution < -0.4 is 0 Å². The number of ether oxygens (including phenoxy) is 3. The van der Waals surface area contributed by atoms with Crippen molar-refractivity contribution >= 4 is 12.1 Å². The quantitative estimate of drug-likeness (QED) is 0.723. The van der Waals surface area contributed by atoms with Crippen molar-refractivity contribution in [1.29, 1.82) is 0 Å². The molecule has 0 radical (unpaired) electrons. The van der Waals surface area contributed by atoms with Crippen molar-refractivity contribution in [1.82, 2.24) is 4.90 Å². The Morgan fingerprint density at radius 1 is 1.35 bits per heavy atom. The molecule has 1 amide bonds. The number of amides is 1. The van der Waals surface area contributed by atoms with Crippen LogP contribution in [0.15, 0.2) is 0 Å². The van der Waals surface area contributed by atoms with E-state index >= 15 is 0 Å². The predicted octanol–water partition coefficient (Wildman–Crippen LogP) is 1.72. The number of esters is 1. The van der Waals surface area contributed by atoms with Gasteiger partial charge in [-0.1, -0.05) is 0 Å². The third-order valence-corrected chi connectivity index (χ3v) is 3.49. The number of fused-ring (bicyclic) bond motifs is 1. The Hall–Kier alpha value is -1.30. The molecule has 1 unspecified atom stereocenters. The fourth-order valence-corrected chi connectivity index (χ4v) is 2.77. The Kier molecular flexibility index (Phi) is 4.22. The van der Waals surface area contributed by atoms with E-state index in [1.54, 1.807) is 6.92 Å². The van der Waals surface area contributed by atoms with Crippen LogP contribution in [0.1, 0.15) is 40.5 Å². The molecule has 6 nitrogen and oxygen atoms in total. The minimum absolute atomic E-state index is 0.0840. The molecular weight excluding hydrogens is 262 g/mol. The van der Waals surface area contributed by atoms with Crippen molar-refractivity contribution in [2.24, 2.45) is 0 Å². The first-order chi connectivity index (χ1) is 9.33. The van der Waals surface area contributed by atoms with Gasteiger partial charge in [-0.05, 0) is 34.1 Å². The summed E-state index contributed by atoms with van der Waals surface area (Å²) in [6.07, 6.45) is 0.674. The molecule has 0 spiro atoms. The van der Waals surface area contributed by atoms with Crippen LogP contribution >= 0.6 is 0 Å². The van der Waals surface area contributed by atoms with Gasteiger partial charge in [0.1, 0.15) is 11.6 Å². The van der Waals surface area contributed by atoms with Gasteiger partial charge in [0.05, 0.1) is 18.8 Å². The molecule has 2 saturated heterocycles. The Labute approximate surface area is 119 Å². The minimum atomic E-state index is -0.597. The number of hydrogen-bond donors (Lipinski definition) is 0. The molecule has 2 fully saturated rings. The van der Waals surface area contributed by atoms with E-state index in [4.69, 9.17) is 14.2 Å². The summed E-state index contributed by atoms with van der Waals surface area (Å²) in [5.41, 5.74) is -0.589. The number of nitrogens with zero attached hydrogens (tertiary/aromatic N) is 1. The second-order valence-electron chi connectivity index (χ2n) is 6.16. The highest BCUT2D eigenvalue weighted by Gasteiger charge is 2.51. The molecule has 0 aromatic heterocycles. The molecule has 0 aliphatic carbocycles. The van der Waals surface area contributed by atoms with Gasteiger partial charge in [0.15, 0.2) is 0 Å². The molecule has 6 heteroatoms. The summed E-state index contributed by atoms with van der Waals surface area (Å²) in [4.78, 5) is 25.9. The van der Waals surface area contributed by atoms with Crippen LogP contribution in [0, 0.1) is 0 Å². The smallest absolute Gasteiger partial charge is 0.411 e. The van der Waals surface area contributed by atoms with Crippen molar-refractivity contribution in [3.63, 3.8) is 0 Å². The lowest BCUT2D eigenvalue weighted by molar-refractivity contribution is -0.148. The van der Waals surface area contributed by atoms with Crippen LogP contribution in [0.5, 0.6) is 0 Å². The van der Waals surface area contributed by atoms with E-state index in [2.05, 4.69) is 0 Å². The van der Waals surface area contributed by atoms with Gasteiger partial charge in [-0.25, -0.2) is 9.59 Å². The molecule has 0 bridgehead atoms. The van der Waals surface area contributed by atoms with Gasteiger partial charge in [0.2, 0.25) is 0 Å². The number of hydrogen-bond acceptors (Lipinski definition) is 5. The highest BCUT2D eigenvalue weighted by atomic mass is 16.6. The summed E-state index contributed by atoms with van der Waals surface area (Å²) in [5.74, 6) is -0.378. The molecule has 2 rings (SSSR count). The van der Waals surface area contributed by atoms with Gasteiger partial charge >= 0.3 is 12.1 Å². The summed E-state index contributed by atoms with van der Waals surface area (Å²) in [5, 5.41) is 0. The molecule has 2 aliphatic heterocycles. The lowest BCUT2D eigenvalue weighted by atomic mass is 10.1. The highest BCUT2D eigenvalue weighted by molar-refractivity contribution is 5.82. The van der Waals surface area contributed by atoms with Gasteiger partial charge < -0.3 is 14.2 Å². The molecule has 2 aliphatic rings. The first-order valence-corrected chi connectivity index (χ1v) is 7.13. The van der Waals surface area contributed by atoms with Gasteiger partial charge in [0.25, 0.3) is 0 Å². The van der Waals surface area contributed by atoms with Crippen molar-refractivity contribution in [3.05, 3.63) is 0 Å². The molecule has 2 heterocycles. The highest BCUT2D eigenvalue weighted by Crippen LogP contribution is 2.35. The Morgan fingerprint density at radius 3 is 2.65 bits per heavy atom. The van der Waals surface area contributed by atoms with Crippen LogP contribution in [-0.2, 0) is 19.0 Å². The summed E-state index contributed by atoms with van der Waals surface area (Å²) in [7, 11) is 0. The monoisotopic (exact) mass is 285 g/mol. The van der Waals surface area contributed by atoms with Crippen LogP contribution in [0.2, 0.25) is 0 Å². The number of likely N-dealkylation sites (tertiary alicyclic amines) is 1. The normalized spacial score (nSPS) is 29.2. The molecule has 0 aromatic carbocycles. The molecule has 0 aromatic rings. The van der Waals surface area contributed by atoms with Crippen LogP contribution in [0.4, 0.5) is 4.79 Å². The van der Waals surface area contributed by atoms with E-state index < -0.39 is 17.7 Å². The van der Waals surface area contributed by atoms with Gasteiger partial charge in [0, 0.05) is 13.0 Å². The minimum Gasteiger partial charge on any atom is -0.464 e. The van der Waals surface area contributed by atoms with Gasteiger partial charge in [-0.15, -0.1) is 0 Å². The third kappa shape index (κ3) is 3.06. The summed E-state index contributed by atoms with van der Waals surface area (Å²) < 4.78 is 16.1. The summed E-state index contributed by atoms with van der Waals surface area (Å²) in [6.45, 7) is 8.09. The molecule has 0 N–H and O–H groups in total. The molecule has 114 valence electrons. The lowest BCUT2D eigenvalue weighted by Crippen LogP contribution is -2.48. The number of rotatable bonds is 2. The maximum Gasteiger partial charge on any atom is 0.411 e. The van der Waals surface area contributed by atoms with Gasteiger partial charge in [-0.3, -0.25) is 4.90 Å². The van der Waals surface area contributed by atoms with E-state index in [-0.39, 0.29) is 18.1 Å². The Bertz CT molecular complexity index is 390. The fraction of sp³-hybridized carbons (Fsp3) is 0.857. The maximum absolute atomic E-state index is 12.4. The second-order valence-corrected chi connectivity index (χ2v) is 6.16. The average molecular weight is 285 g/mol. The zero-order valence-electron chi connectivity index (χ0n) is 12.5. The largest absolute Gasteiger partial charge is 0.464 e. The van der Waals surface area contributed by atoms with Crippen molar-refractivity contribution < 1.29 is 23.8 Å². The maximum atomic E-state index is 12.4. The summed E-state index contributed by atoms with van der Waals surface area (Å²) >= 11 is 0. The SMILES string of the molecule is CCOC(=O)C1C[C@H]2OCC[C@H]2N1C(=O)OC(C)(C)C. The van der Waals surface area contributed by atoms with Crippen LogP contribution in [0.25, 0.3) is 0 Å². The van der Waals surface area contributed by atoms with E-state index in [0.717, 1.165) is 6.42 Å². The first-order valence-electron chi connectivity index (χ1n) is 7.13. The zero-order chi connectivity index (χ0) is 14.9. The topological polar surface area (TPSA) is 65.1 Å². The summed E-state index contributed by atoms with van der Waals surface area (Å²) in [6, 6.07) is -0.681. The van der Waals surface area contributed by atoms with E-state index in [1.807, 2.05) is 20.8 Å². The first kappa shape index (κ1) is 15.1. The van der Waals surface area contributed by atoms with E-state index in [9.17, 15) is 9.59 Å². The average Bonchev–Trinajstić information content (AvgIpc) is 2.84. The predicted molar refractivity (Wildman–Crippen MR) is 71.3 cm³/mol. The standard InChI is InChI=1S/C14H23NO5/c1-5-18-12(16)10-8-11-9(6-7-19-11)15(10)13(17)20-14(2,3)4/h9-11H,5-8H2,1-4H3/t9-,10?,11-/m1/s1. The van der Waals surface area contributed by atoms with E-state index in [1.165, 1.54) is 4.90 Å². The number of carbonyl (C=O) groups is 2. The van der Waals surface area contributed by atoms with E-state index in [0.29, 0.717) is 19.6 Å². The van der Waals surface area contributed by atoms with Crippen LogP contribution in [-0.4, -0.2) is 54.0 Å². The Balaban J connectivity index is 2.15. The van der Waals surface area contributed by atoms with Crippen molar-refractivity contribution in [3.8, 4) is 0 Å². The second kappa shape index (κ2) is 5.60. The molecule has 3 atom stereocenters. The van der Waals surface area contributed by atoms with Gasteiger partial charge in [-0.2, -0.15) is 0 Å². The Morgan fingerprint density at radius 2 is 2.05 bits per heavy atom. The molecule has 20 heavy (non-hydrogen) atoms. The van der Waals surface area contributed by atoms with Crippen LogP contribution in [0.3, 0.4) is 0 Å². The number of carbonyl (C=O) groups excluding carboxylic acids is 2.